The number of carbonyl (C=O) groups is 2. The molecule has 1 unspecified atom stereocenters. The molecule has 0 fully saturated rings. The molecular weight excluding hydrogens is 444 g/mol. The normalized spacial score (nSPS) is 14.7. The number of fused-ring (bicyclic) bond motifs is 1. The summed E-state index contributed by atoms with van der Waals surface area (Å²) in [6.45, 7) is 8.69. The first kappa shape index (κ1) is 26.7. The fourth-order valence-electron chi connectivity index (χ4n) is 4.59. The van der Waals surface area contributed by atoms with E-state index in [1.54, 1.807) is 6.92 Å². The number of hydrogen-bond acceptors (Lipinski definition) is 6. The molecule has 35 heavy (non-hydrogen) atoms. The molecular formula is C29H38O6. The maximum atomic E-state index is 12.2. The van der Waals surface area contributed by atoms with Crippen LogP contribution in [0.4, 0.5) is 0 Å². The summed E-state index contributed by atoms with van der Waals surface area (Å²) in [5, 5.41) is 10.6. The van der Waals surface area contributed by atoms with Gasteiger partial charge in [-0.2, -0.15) is 0 Å². The smallest absolute Gasteiger partial charge is 0.313 e. The Labute approximate surface area is 208 Å². The van der Waals surface area contributed by atoms with Crippen molar-refractivity contribution in [3.05, 3.63) is 58.7 Å². The lowest BCUT2D eigenvalue weighted by molar-refractivity contribution is -0.145. The highest BCUT2D eigenvalue weighted by atomic mass is 16.5. The number of aliphatic hydroxyl groups is 1. The first-order chi connectivity index (χ1) is 16.7. The standard InChI is InChI=1S/C29H38O6/c1-5-10-24-25(14-13-22(30)16-23(31)17-27(32)33-6-2)28-21(18-29(3,4)35-28)15-26(24)34-19-20-11-8-7-9-12-20/h7-9,11-12,15,22,30H,5-6,10,13-14,16-19H2,1-4H3. The van der Waals surface area contributed by atoms with Gasteiger partial charge in [-0.25, -0.2) is 0 Å². The monoisotopic (exact) mass is 482 g/mol. The predicted octanol–water partition coefficient (Wildman–Crippen LogP) is 5.14. The Morgan fingerprint density at radius 2 is 1.86 bits per heavy atom. The largest absolute Gasteiger partial charge is 0.489 e. The van der Waals surface area contributed by atoms with Gasteiger partial charge in [0.25, 0.3) is 0 Å². The van der Waals surface area contributed by atoms with Gasteiger partial charge in [0.1, 0.15) is 35.9 Å². The number of aliphatic hydroxyl groups excluding tert-OH is 1. The lowest BCUT2D eigenvalue weighted by Gasteiger charge is -2.22. The van der Waals surface area contributed by atoms with E-state index in [-0.39, 0.29) is 30.8 Å². The highest BCUT2D eigenvalue weighted by molar-refractivity contribution is 5.95. The van der Waals surface area contributed by atoms with Gasteiger partial charge in [-0.3, -0.25) is 9.59 Å². The molecule has 1 N–H and O–H groups in total. The van der Waals surface area contributed by atoms with Crippen molar-refractivity contribution in [2.24, 2.45) is 0 Å². The van der Waals surface area contributed by atoms with Crippen LogP contribution >= 0.6 is 0 Å². The Balaban J connectivity index is 1.80. The molecule has 0 aliphatic carbocycles. The fraction of sp³-hybridized carbons (Fsp3) is 0.517. The molecule has 0 saturated heterocycles. The van der Waals surface area contributed by atoms with Crippen LogP contribution in [0.15, 0.2) is 36.4 Å². The predicted molar refractivity (Wildman–Crippen MR) is 135 cm³/mol. The molecule has 1 aliphatic rings. The molecule has 1 atom stereocenters. The summed E-state index contributed by atoms with van der Waals surface area (Å²) in [5.41, 5.74) is 4.05. The van der Waals surface area contributed by atoms with Crippen LogP contribution in [-0.2, 0) is 40.2 Å². The molecule has 0 saturated carbocycles. The van der Waals surface area contributed by atoms with E-state index < -0.39 is 12.1 Å². The minimum atomic E-state index is -0.842. The third-order valence-corrected chi connectivity index (χ3v) is 6.10. The maximum Gasteiger partial charge on any atom is 0.313 e. The molecule has 0 spiro atoms. The minimum Gasteiger partial charge on any atom is -0.489 e. The average Bonchev–Trinajstić information content (AvgIpc) is 3.11. The number of Topliss-reactive ketones (excluding diaryl/α,β-unsaturated/α-hetero) is 1. The van der Waals surface area contributed by atoms with E-state index in [0.29, 0.717) is 19.4 Å². The van der Waals surface area contributed by atoms with Crippen molar-refractivity contribution < 1.29 is 28.9 Å². The highest BCUT2D eigenvalue weighted by Gasteiger charge is 2.34. The van der Waals surface area contributed by atoms with Crippen molar-refractivity contribution >= 4 is 11.8 Å². The Bertz CT molecular complexity index is 1010. The van der Waals surface area contributed by atoms with E-state index in [1.807, 2.05) is 30.3 Å². The highest BCUT2D eigenvalue weighted by Crippen LogP contribution is 2.44. The summed E-state index contributed by atoms with van der Waals surface area (Å²) in [6.07, 6.45) is 2.29. The van der Waals surface area contributed by atoms with E-state index in [1.165, 1.54) is 0 Å². The van der Waals surface area contributed by atoms with Gasteiger partial charge in [0, 0.05) is 29.5 Å². The van der Waals surface area contributed by atoms with Crippen LogP contribution in [0.1, 0.15) is 75.6 Å². The van der Waals surface area contributed by atoms with Gasteiger partial charge in [-0.05, 0) is 51.7 Å². The van der Waals surface area contributed by atoms with E-state index >= 15 is 0 Å². The second kappa shape index (κ2) is 12.2. The van der Waals surface area contributed by atoms with Gasteiger partial charge in [0.05, 0.1) is 12.7 Å². The molecule has 1 aliphatic heterocycles. The first-order valence-electron chi connectivity index (χ1n) is 12.6. The number of rotatable bonds is 13. The van der Waals surface area contributed by atoms with Crippen LogP contribution in [-0.4, -0.2) is 35.2 Å². The molecule has 0 amide bonds. The fourth-order valence-corrected chi connectivity index (χ4v) is 4.59. The molecule has 3 rings (SSSR count). The Morgan fingerprint density at radius 1 is 1.11 bits per heavy atom. The SMILES string of the molecule is CCCc1c(OCc2ccccc2)cc2c(c1CCC(O)CC(=O)CC(=O)OCC)OC(C)(C)C2. The van der Waals surface area contributed by atoms with Crippen LogP contribution in [0.3, 0.4) is 0 Å². The molecule has 0 radical (unpaired) electrons. The van der Waals surface area contributed by atoms with Crippen molar-refractivity contribution in [1.82, 2.24) is 0 Å². The summed E-state index contributed by atoms with van der Waals surface area (Å²) in [4.78, 5) is 23.7. The van der Waals surface area contributed by atoms with Gasteiger partial charge in [-0.1, -0.05) is 43.7 Å². The van der Waals surface area contributed by atoms with Crippen LogP contribution in [0.25, 0.3) is 0 Å². The quantitative estimate of drug-likeness (QED) is 0.315. The molecule has 1 heterocycles. The topological polar surface area (TPSA) is 82.1 Å². The zero-order chi connectivity index (χ0) is 25.4. The molecule has 6 nitrogen and oxygen atoms in total. The minimum absolute atomic E-state index is 0.0688. The van der Waals surface area contributed by atoms with Crippen LogP contribution in [0.5, 0.6) is 11.5 Å². The van der Waals surface area contributed by atoms with Crippen molar-refractivity contribution in [3.8, 4) is 11.5 Å². The second-order valence-corrected chi connectivity index (χ2v) is 9.80. The molecule has 0 bridgehead atoms. The molecule has 6 heteroatoms. The molecule has 0 aromatic heterocycles. The van der Waals surface area contributed by atoms with Crippen LogP contribution < -0.4 is 9.47 Å². The summed E-state index contributed by atoms with van der Waals surface area (Å²) in [6, 6.07) is 12.2. The zero-order valence-corrected chi connectivity index (χ0v) is 21.4. The third kappa shape index (κ3) is 7.56. The number of ether oxygens (including phenoxy) is 3. The molecule has 190 valence electrons. The molecule has 2 aromatic rings. The van der Waals surface area contributed by atoms with Gasteiger partial charge in [0.2, 0.25) is 0 Å². The average molecular weight is 483 g/mol. The summed E-state index contributed by atoms with van der Waals surface area (Å²) >= 11 is 0. The van der Waals surface area contributed by atoms with E-state index in [0.717, 1.165) is 53.0 Å². The number of ketones is 1. The van der Waals surface area contributed by atoms with E-state index in [2.05, 4.69) is 26.8 Å². The third-order valence-electron chi connectivity index (χ3n) is 6.10. The van der Waals surface area contributed by atoms with Crippen molar-refractivity contribution in [1.29, 1.82) is 0 Å². The summed E-state index contributed by atoms with van der Waals surface area (Å²) in [7, 11) is 0. The number of carbonyl (C=O) groups excluding carboxylic acids is 2. The first-order valence-corrected chi connectivity index (χ1v) is 12.6. The zero-order valence-electron chi connectivity index (χ0n) is 21.4. The van der Waals surface area contributed by atoms with Crippen molar-refractivity contribution in [2.75, 3.05) is 6.61 Å². The summed E-state index contributed by atoms with van der Waals surface area (Å²) in [5.74, 6) is 0.883. The Hall–Kier alpha value is -2.86. The molecule has 2 aromatic carbocycles. The van der Waals surface area contributed by atoms with Gasteiger partial charge < -0.3 is 19.3 Å². The van der Waals surface area contributed by atoms with Gasteiger partial charge in [-0.15, -0.1) is 0 Å². The number of benzene rings is 2. The Morgan fingerprint density at radius 3 is 2.54 bits per heavy atom. The van der Waals surface area contributed by atoms with Gasteiger partial charge >= 0.3 is 5.97 Å². The van der Waals surface area contributed by atoms with Gasteiger partial charge in [0.15, 0.2) is 0 Å². The maximum absolute atomic E-state index is 12.2. The van der Waals surface area contributed by atoms with E-state index in [4.69, 9.17) is 14.2 Å². The van der Waals surface area contributed by atoms with Crippen molar-refractivity contribution in [2.45, 2.75) is 91.0 Å². The summed E-state index contributed by atoms with van der Waals surface area (Å²) < 4.78 is 17.5. The van der Waals surface area contributed by atoms with Crippen LogP contribution in [0, 0.1) is 0 Å². The van der Waals surface area contributed by atoms with E-state index in [9.17, 15) is 14.7 Å². The lowest BCUT2D eigenvalue weighted by Crippen LogP contribution is -2.25. The van der Waals surface area contributed by atoms with Crippen molar-refractivity contribution in [3.63, 3.8) is 0 Å². The second-order valence-electron chi connectivity index (χ2n) is 9.80. The number of esters is 1. The number of hydrogen-bond donors (Lipinski definition) is 1. The van der Waals surface area contributed by atoms with Crippen LogP contribution in [0.2, 0.25) is 0 Å². The Kier molecular flexibility index (Phi) is 9.33. The lowest BCUT2D eigenvalue weighted by atomic mass is 9.91.